The summed E-state index contributed by atoms with van der Waals surface area (Å²) in [6, 6.07) is 10.0. The minimum absolute atomic E-state index is 0. The fourth-order valence-electron chi connectivity index (χ4n) is 2.35. The Morgan fingerprint density at radius 3 is 2.65 bits per heavy atom. The fourth-order valence-corrected chi connectivity index (χ4v) is 2.35. The van der Waals surface area contributed by atoms with Gasteiger partial charge in [0.2, 0.25) is 0 Å². The predicted molar refractivity (Wildman–Crippen MR) is 78.7 cm³/mol. The standard InChI is InChI=1S/C15H19NO3.ClH/c1-2-19-15(18)13-8-9-16(11-14(13)17)10-12-6-4-3-5-7-12;/h3-7,13H,2,8-11H2,1H3;1H/t13-;/m1./s1. The van der Waals surface area contributed by atoms with Crippen LogP contribution in [0.25, 0.3) is 0 Å². The highest BCUT2D eigenvalue weighted by Gasteiger charge is 2.33. The van der Waals surface area contributed by atoms with Crippen LogP contribution in [0.4, 0.5) is 0 Å². The molecule has 1 aromatic rings. The third-order valence-corrected chi connectivity index (χ3v) is 3.32. The number of benzene rings is 1. The van der Waals surface area contributed by atoms with Crippen LogP contribution < -0.4 is 0 Å². The average molecular weight is 298 g/mol. The van der Waals surface area contributed by atoms with Crippen molar-refractivity contribution in [2.75, 3.05) is 19.7 Å². The molecule has 0 N–H and O–H groups in total. The molecule has 0 aliphatic carbocycles. The molecule has 5 heteroatoms. The molecule has 0 radical (unpaired) electrons. The molecule has 4 nitrogen and oxygen atoms in total. The summed E-state index contributed by atoms with van der Waals surface area (Å²) in [7, 11) is 0. The summed E-state index contributed by atoms with van der Waals surface area (Å²) < 4.78 is 4.93. The zero-order chi connectivity index (χ0) is 13.7. The lowest BCUT2D eigenvalue weighted by Crippen LogP contribution is -2.43. The van der Waals surface area contributed by atoms with Gasteiger partial charge in [0.15, 0.2) is 5.78 Å². The van der Waals surface area contributed by atoms with Crippen molar-refractivity contribution in [1.29, 1.82) is 0 Å². The van der Waals surface area contributed by atoms with E-state index in [9.17, 15) is 9.59 Å². The van der Waals surface area contributed by atoms with Gasteiger partial charge in [-0.1, -0.05) is 30.3 Å². The first-order chi connectivity index (χ1) is 9.20. The quantitative estimate of drug-likeness (QED) is 0.630. The summed E-state index contributed by atoms with van der Waals surface area (Å²) in [5.41, 5.74) is 1.19. The Balaban J connectivity index is 0.00000200. The molecular weight excluding hydrogens is 278 g/mol. The van der Waals surface area contributed by atoms with Gasteiger partial charge in [-0.3, -0.25) is 14.5 Å². The summed E-state index contributed by atoms with van der Waals surface area (Å²) >= 11 is 0. The van der Waals surface area contributed by atoms with Crippen LogP contribution in [0.2, 0.25) is 0 Å². The first-order valence-corrected chi connectivity index (χ1v) is 6.66. The predicted octanol–water partition coefficient (Wildman–Crippen LogP) is 2.06. The zero-order valence-corrected chi connectivity index (χ0v) is 12.4. The van der Waals surface area contributed by atoms with Crippen LogP contribution in [0.3, 0.4) is 0 Å². The molecule has 1 heterocycles. The van der Waals surface area contributed by atoms with E-state index in [2.05, 4.69) is 4.90 Å². The van der Waals surface area contributed by atoms with Crippen molar-refractivity contribution in [2.24, 2.45) is 5.92 Å². The summed E-state index contributed by atoms with van der Waals surface area (Å²) in [5.74, 6) is -0.959. The van der Waals surface area contributed by atoms with Gasteiger partial charge in [0.25, 0.3) is 0 Å². The molecule has 0 saturated carbocycles. The minimum atomic E-state index is -0.563. The zero-order valence-electron chi connectivity index (χ0n) is 11.6. The third kappa shape index (κ3) is 4.32. The normalized spacial score (nSPS) is 19.2. The van der Waals surface area contributed by atoms with Crippen molar-refractivity contribution in [3.8, 4) is 0 Å². The number of ketones is 1. The van der Waals surface area contributed by atoms with Crippen molar-refractivity contribution in [3.05, 3.63) is 35.9 Å². The Morgan fingerprint density at radius 1 is 1.35 bits per heavy atom. The number of hydrogen-bond acceptors (Lipinski definition) is 4. The smallest absolute Gasteiger partial charge is 0.316 e. The summed E-state index contributed by atoms with van der Waals surface area (Å²) in [4.78, 5) is 25.7. The van der Waals surface area contributed by atoms with Gasteiger partial charge in [-0.2, -0.15) is 0 Å². The van der Waals surface area contributed by atoms with E-state index in [0.717, 1.165) is 13.1 Å². The monoisotopic (exact) mass is 297 g/mol. The van der Waals surface area contributed by atoms with Crippen molar-refractivity contribution in [2.45, 2.75) is 19.9 Å². The van der Waals surface area contributed by atoms with Crippen molar-refractivity contribution in [3.63, 3.8) is 0 Å². The van der Waals surface area contributed by atoms with Crippen molar-refractivity contribution < 1.29 is 14.3 Å². The topological polar surface area (TPSA) is 46.6 Å². The third-order valence-electron chi connectivity index (χ3n) is 3.32. The number of halogens is 1. The van der Waals surface area contributed by atoms with Crippen molar-refractivity contribution in [1.82, 2.24) is 4.90 Å². The molecular formula is C15H20ClNO3. The van der Waals surface area contributed by atoms with Gasteiger partial charge in [-0.25, -0.2) is 0 Å². The van der Waals surface area contributed by atoms with Gasteiger partial charge in [0, 0.05) is 13.1 Å². The first kappa shape index (κ1) is 16.7. The van der Waals surface area contributed by atoms with Gasteiger partial charge in [0.1, 0.15) is 5.92 Å². The van der Waals surface area contributed by atoms with E-state index < -0.39 is 5.92 Å². The minimum Gasteiger partial charge on any atom is -0.465 e. The number of carbonyl (C=O) groups excluding carboxylic acids is 2. The molecule has 0 unspecified atom stereocenters. The number of carbonyl (C=O) groups is 2. The second-order valence-corrected chi connectivity index (χ2v) is 4.76. The number of Topliss-reactive ketones (excluding diaryl/α,β-unsaturated/α-hetero) is 1. The lowest BCUT2D eigenvalue weighted by Gasteiger charge is -2.29. The molecule has 1 aliphatic heterocycles. The van der Waals surface area contributed by atoms with Crippen LogP contribution in [0, 0.1) is 5.92 Å². The number of piperidine rings is 1. The van der Waals surface area contributed by atoms with Crippen LogP contribution >= 0.6 is 12.4 Å². The Morgan fingerprint density at radius 2 is 2.05 bits per heavy atom. The number of likely N-dealkylation sites (tertiary alicyclic amines) is 1. The van der Waals surface area contributed by atoms with E-state index >= 15 is 0 Å². The van der Waals surface area contributed by atoms with E-state index in [0.29, 0.717) is 19.6 Å². The van der Waals surface area contributed by atoms with Crippen LogP contribution in [-0.4, -0.2) is 36.3 Å². The van der Waals surface area contributed by atoms with E-state index in [1.165, 1.54) is 5.56 Å². The van der Waals surface area contributed by atoms with E-state index in [1.54, 1.807) is 6.92 Å². The summed E-state index contributed by atoms with van der Waals surface area (Å²) in [6.07, 6.45) is 0.560. The number of rotatable bonds is 4. The molecule has 2 rings (SSSR count). The maximum absolute atomic E-state index is 12.0. The largest absolute Gasteiger partial charge is 0.465 e. The second-order valence-electron chi connectivity index (χ2n) is 4.76. The van der Waals surface area contributed by atoms with Gasteiger partial charge in [0.05, 0.1) is 13.2 Å². The highest BCUT2D eigenvalue weighted by Crippen LogP contribution is 2.17. The molecule has 110 valence electrons. The van der Waals surface area contributed by atoms with Crippen LogP contribution in [0.5, 0.6) is 0 Å². The molecule has 1 atom stereocenters. The lowest BCUT2D eigenvalue weighted by atomic mass is 9.95. The second kappa shape index (κ2) is 8.02. The highest BCUT2D eigenvalue weighted by molar-refractivity contribution is 6.00. The average Bonchev–Trinajstić information content (AvgIpc) is 2.40. The summed E-state index contributed by atoms with van der Waals surface area (Å²) in [5, 5.41) is 0. The molecule has 1 fully saturated rings. The SMILES string of the molecule is CCOC(=O)[C@@H]1CCN(Cc2ccccc2)CC1=O.Cl. The van der Waals surface area contributed by atoms with Gasteiger partial charge in [-0.05, 0) is 18.9 Å². The van der Waals surface area contributed by atoms with E-state index in [-0.39, 0.29) is 24.2 Å². The van der Waals surface area contributed by atoms with E-state index in [1.807, 2.05) is 30.3 Å². The molecule has 0 aromatic heterocycles. The number of hydrogen-bond donors (Lipinski definition) is 0. The van der Waals surface area contributed by atoms with Crippen molar-refractivity contribution >= 4 is 24.2 Å². The molecule has 1 aliphatic rings. The number of ether oxygens (including phenoxy) is 1. The Kier molecular flexibility index (Phi) is 6.68. The Hall–Kier alpha value is -1.39. The molecule has 0 spiro atoms. The molecule has 0 bridgehead atoms. The lowest BCUT2D eigenvalue weighted by molar-refractivity contribution is -0.153. The molecule has 0 amide bonds. The van der Waals surface area contributed by atoms with Gasteiger partial charge >= 0.3 is 5.97 Å². The van der Waals surface area contributed by atoms with Gasteiger partial charge in [-0.15, -0.1) is 12.4 Å². The Labute approximate surface area is 125 Å². The number of nitrogens with zero attached hydrogens (tertiary/aromatic N) is 1. The van der Waals surface area contributed by atoms with Crippen LogP contribution in [0.15, 0.2) is 30.3 Å². The summed E-state index contributed by atoms with van der Waals surface area (Å²) in [6.45, 7) is 3.92. The number of esters is 1. The maximum Gasteiger partial charge on any atom is 0.316 e. The van der Waals surface area contributed by atoms with Gasteiger partial charge < -0.3 is 4.74 Å². The fraction of sp³-hybridized carbons (Fsp3) is 0.467. The van der Waals surface area contributed by atoms with Crippen LogP contribution in [0.1, 0.15) is 18.9 Å². The Bertz CT molecular complexity index is 450. The highest BCUT2D eigenvalue weighted by atomic mass is 35.5. The van der Waals surface area contributed by atoms with Crippen LogP contribution in [-0.2, 0) is 20.9 Å². The maximum atomic E-state index is 12.0. The first-order valence-electron chi connectivity index (χ1n) is 6.66. The molecule has 20 heavy (non-hydrogen) atoms. The molecule has 1 aromatic carbocycles. The molecule has 1 saturated heterocycles. The van der Waals surface area contributed by atoms with E-state index in [4.69, 9.17) is 4.74 Å².